The fourth-order valence-electron chi connectivity index (χ4n) is 4.54. The quantitative estimate of drug-likeness (QED) is 0.668. The molecule has 0 radical (unpaired) electrons. The van der Waals surface area contributed by atoms with Gasteiger partial charge in [-0.1, -0.05) is 30.3 Å². The van der Waals surface area contributed by atoms with Crippen LogP contribution in [0.5, 0.6) is 0 Å². The summed E-state index contributed by atoms with van der Waals surface area (Å²) in [4.78, 5) is 23.0. The number of halogens is 2. The standard InChI is InChI=1S/C23H30N4O2.2ClH/c28-22(29)20-16-25-23(26-21(20)15-18-6-10-24-11-7-18)27-12-8-19(9-13-27)14-17-4-2-1-3-5-17;;/h1-5,16,18-19,24H,6-15H2,(H,28,29);2*1H. The Labute approximate surface area is 196 Å². The van der Waals surface area contributed by atoms with E-state index < -0.39 is 5.97 Å². The molecule has 8 heteroatoms. The van der Waals surface area contributed by atoms with Gasteiger partial charge in [0, 0.05) is 19.3 Å². The second-order valence-electron chi connectivity index (χ2n) is 8.35. The smallest absolute Gasteiger partial charge is 0.339 e. The fraction of sp³-hybridized carbons (Fsp3) is 0.522. The van der Waals surface area contributed by atoms with Gasteiger partial charge < -0.3 is 15.3 Å². The van der Waals surface area contributed by atoms with Gasteiger partial charge in [0.1, 0.15) is 0 Å². The van der Waals surface area contributed by atoms with E-state index in [4.69, 9.17) is 4.98 Å². The Morgan fingerprint density at radius 1 is 1.00 bits per heavy atom. The molecule has 2 saturated heterocycles. The van der Waals surface area contributed by atoms with Crippen LogP contribution in [0.4, 0.5) is 5.95 Å². The van der Waals surface area contributed by atoms with Gasteiger partial charge in [-0.15, -0.1) is 24.8 Å². The van der Waals surface area contributed by atoms with Gasteiger partial charge in [0.15, 0.2) is 0 Å². The minimum absolute atomic E-state index is 0. The zero-order chi connectivity index (χ0) is 20.1. The van der Waals surface area contributed by atoms with Crippen LogP contribution in [0.3, 0.4) is 0 Å². The fourth-order valence-corrected chi connectivity index (χ4v) is 4.54. The van der Waals surface area contributed by atoms with Crippen LogP contribution in [0.25, 0.3) is 0 Å². The zero-order valence-electron chi connectivity index (χ0n) is 17.7. The molecule has 2 fully saturated rings. The van der Waals surface area contributed by atoms with E-state index in [-0.39, 0.29) is 30.4 Å². The Kier molecular flexibility index (Phi) is 10.0. The number of carboxylic acid groups (broad SMARTS) is 1. The number of rotatable bonds is 6. The lowest BCUT2D eigenvalue weighted by Gasteiger charge is -2.32. The van der Waals surface area contributed by atoms with Crippen LogP contribution in [0.2, 0.25) is 0 Å². The lowest BCUT2D eigenvalue weighted by atomic mass is 9.90. The maximum atomic E-state index is 11.7. The van der Waals surface area contributed by atoms with E-state index in [0.717, 1.165) is 64.7 Å². The van der Waals surface area contributed by atoms with Crippen LogP contribution in [0.15, 0.2) is 36.5 Å². The summed E-state index contributed by atoms with van der Waals surface area (Å²) in [6.07, 6.45) is 7.73. The SMILES string of the molecule is Cl.Cl.O=C(O)c1cnc(N2CCC(Cc3ccccc3)CC2)nc1CC1CCNCC1. The van der Waals surface area contributed by atoms with E-state index in [0.29, 0.717) is 23.5 Å². The number of hydrogen-bond acceptors (Lipinski definition) is 5. The number of anilines is 1. The van der Waals surface area contributed by atoms with Gasteiger partial charge in [-0.3, -0.25) is 0 Å². The average Bonchev–Trinajstić information content (AvgIpc) is 2.75. The molecule has 0 aliphatic carbocycles. The van der Waals surface area contributed by atoms with Gasteiger partial charge >= 0.3 is 5.97 Å². The molecule has 1 aromatic heterocycles. The first-order valence-electron chi connectivity index (χ1n) is 10.8. The van der Waals surface area contributed by atoms with Crippen molar-refractivity contribution >= 4 is 36.7 Å². The Morgan fingerprint density at radius 3 is 2.29 bits per heavy atom. The number of carbonyl (C=O) groups is 1. The summed E-state index contributed by atoms with van der Waals surface area (Å²) in [5, 5.41) is 12.9. The van der Waals surface area contributed by atoms with Crippen molar-refractivity contribution < 1.29 is 9.90 Å². The summed E-state index contributed by atoms with van der Waals surface area (Å²) in [7, 11) is 0. The summed E-state index contributed by atoms with van der Waals surface area (Å²) >= 11 is 0. The highest BCUT2D eigenvalue weighted by Gasteiger charge is 2.24. The number of nitrogens with one attached hydrogen (secondary N) is 1. The molecular weight excluding hydrogens is 435 g/mol. The second-order valence-corrected chi connectivity index (χ2v) is 8.35. The first-order valence-corrected chi connectivity index (χ1v) is 10.8. The van der Waals surface area contributed by atoms with E-state index in [2.05, 4.69) is 45.5 Å². The van der Waals surface area contributed by atoms with Crippen LogP contribution < -0.4 is 10.2 Å². The van der Waals surface area contributed by atoms with Gasteiger partial charge in [-0.2, -0.15) is 0 Å². The van der Waals surface area contributed by atoms with Crippen molar-refractivity contribution in [3.8, 4) is 0 Å². The molecule has 0 atom stereocenters. The van der Waals surface area contributed by atoms with E-state index >= 15 is 0 Å². The number of benzene rings is 1. The summed E-state index contributed by atoms with van der Waals surface area (Å²) in [5.74, 6) is 0.939. The van der Waals surface area contributed by atoms with E-state index in [9.17, 15) is 9.90 Å². The Balaban J connectivity index is 0.00000171. The Bertz CT molecular complexity index is 824. The number of nitrogens with zero attached hydrogens (tertiary/aromatic N) is 3. The van der Waals surface area contributed by atoms with Gasteiger partial charge in [0.25, 0.3) is 0 Å². The van der Waals surface area contributed by atoms with Crippen LogP contribution in [-0.4, -0.2) is 47.2 Å². The van der Waals surface area contributed by atoms with Gasteiger partial charge in [0.2, 0.25) is 5.95 Å². The first kappa shape index (κ1) is 25.4. The molecule has 0 amide bonds. The highest BCUT2D eigenvalue weighted by molar-refractivity contribution is 5.88. The van der Waals surface area contributed by atoms with E-state index in [1.165, 1.54) is 11.8 Å². The Hall–Kier alpha value is -1.89. The number of carboxylic acids is 1. The molecule has 2 N–H and O–H groups in total. The zero-order valence-corrected chi connectivity index (χ0v) is 19.3. The van der Waals surface area contributed by atoms with Crippen molar-refractivity contribution in [2.45, 2.75) is 38.5 Å². The lowest BCUT2D eigenvalue weighted by molar-refractivity contribution is 0.0694. The van der Waals surface area contributed by atoms with Crippen molar-refractivity contribution in [3.63, 3.8) is 0 Å². The summed E-state index contributed by atoms with van der Waals surface area (Å²) in [5.41, 5.74) is 2.35. The normalized spacial score (nSPS) is 17.5. The highest BCUT2D eigenvalue weighted by atomic mass is 35.5. The molecule has 0 unspecified atom stereocenters. The predicted molar refractivity (Wildman–Crippen MR) is 128 cm³/mol. The van der Waals surface area contributed by atoms with Crippen molar-refractivity contribution in [2.24, 2.45) is 11.8 Å². The van der Waals surface area contributed by atoms with Crippen molar-refractivity contribution in [3.05, 3.63) is 53.3 Å². The molecule has 2 aliphatic heterocycles. The van der Waals surface area contributed by atoms with Crippen LogP contribution in [0, 0.1) is 11.8 Å². The monoisotopic (exact) mass is 466 g/mol. The molecule has 4 rings (SSSR count). The third-order valence-electron chi connectivity index (χ3n) is 6.29. The van der Waals surface area contributed by atoms with Crippen molar-refractivity contribution in [2.75, 3.05) is 31.1 Å². The Morgan fingerprint density at radius 2 is 1.65 bits per heavy atom. The molecule has 1 aromatic carbocycles. The molecule has 6 nitrogen and oxygen atoms in total. The molecule has 170 valence electrons. The topological polar surface area (TPSA) is 78.3 Å². The molecule has 2 aromatic rings. The molecule has 2 aliphatic rings. The molecular formula is C23H32Cl2N4O2. The maximum absolute atomic E-state index is 11.7. The number of aromatic nitrogens is 2. The minimum Gasteiger partial charge on any atom is -0.478 e. The summed E-state index contributed by atoms with van der Waals surface area (Å²) in [6.45, 7) is 3.85. The lowest BCUT2D eigenvalue weighted by Crippen LogP contribution is -2.36. The van der Waals surface area contributed by atoms with Gasteiger partial charge in [-0.05, 0) is 69.0 Å². The van der Waals surface area contributed by atoms with Crippen LogP contribution >= 0.6 is 24.8 Å². The van der Waals surface area contributed by atoms with E-state index in [1.54, 1.807) is 0 Å². The first-order chi connectivity index (χ1) is 14.2. The summed E-state index contributed by atoms with van der Waals surface area (Å²) < 4.78 is 0. The number of hydrogen-bond donors (Lipinski definition) is 2. The van der Waals surface area contributed by atoms with E-state index in [1.807, 2.05) is 0 Å². The minimum atomic E-state index is -0.929. The van der Waals surface area contributed by atoms with Gasteiger partial charge in [0.05, 0.1) is 11.3 Å². The molecule has 0 saturated carbocycles. The highest BCUT2D eigenvalue weighted by Crippen LogP contribution is 2.26. The molecule has 31 heavy (non-hydrogen) atoms. The second kappa shape index (κ2) is 12.2. The van der Waals surface area contributed by atoms with Crippen molar-refractivity contribution in [1.29, 1.82) is 0 Å². The average molecular weight is 467 g/mol. The molecule has 3 heterocycles. The largest absolute Gasteiger partial charge is 0.478 e. The third-order valence-corrected chi connectivity index (χ3v) is 6.29. The van der Waals surface area contributed by atoms with Crippen LogP contribution in [0.1, 0.15) is 47.3 Å². The summed E-state index contributed by atoms with van der Waals surface area (Å²) in [6, 6.07) is 10.7. The molecule has 0 bridgehead atoms. The third kappa shape index (κ3) is 6.79. The number of piperidine rings is 2. The van der Waals surface area contributed by atoms with Crippen molar-refractivity contribution in [1.82, 2.24) is 15.3 Å². The number of aromatic carboxylic acids is 1. The maximum Gasteiger partial charge on any atom is 0.339 e. The van der Waals surface area contributed by atoms with Crippen LogP contribution in [-0.2, 0) is 12.8 Å². The predicted octanol–water partition coefficient (Wildman–Crippen LogP) is 4.02. The molecule has 0 spiro atoms. The van der Waals surface area contributed by atoms with Gasteiger partial charge in [-0.25, -0.2) is 14.8 Å².